The number of hydrogen-bond acceptors (Lipinski definition) is 7. The molecule has 136 valence electrons. The van der Waals surface area contributed by atoms with Crippen molar-refractivity contribution < 1.29 is 14.8 Å². The maximum absolute atomic E-state index is 11.9. The fourth-order valence-electron chi connectivity index (χ4n) is 2.39. The number of azo groups is 1. The number of nitrogens with two attached hydrogens (primary N) is 1. The molecule has 0 atom stereocenters. The number of carbonyl (C=O) groups excluding carboxylic acids is 1. The Hall–Kier alpha value is -3.72. The number of halogens is 1. The van der Waals surface area contributed by atoms with E-state index in [-0.39, 0.29) is 17.1 Å². The molecule has 0 bridgehead atoms. The standard InChI is InChI=1S/C17H12ClN5O4/c18-10-2-1-3-11(8-10)20-17-15(16(19)25)12(21-22-17)6-9-4-5-14(24)13(7-9)23(26)27/h1-8,20,24H,(H2,19,25). The Labute approximate surface area is 157 Å². The van der Waals surface area contributed by atoms with Gasteiger partial charge in [0.15, 0.2) is 11.6 Å². The molecule has 0 fully saturated rings. The third-order valence-electron chi connectivity index (χ3n) is 3.58. The van der Waals surface area contributed by atoms with Crippen molar-refractivity contribution in [3.05, 3.63) is 80.3 Å². The molecule has 10 heteroatoms. The van der Waals surface area contributed by atoms with Crippen LogP contribution < -0.4 is 11.1 Å². The average Bonchev–Trinajstić information content (AvgIpc) is 2.98. The summed E-state index contributed by atoms with van der Waals surface area (Å²) in [5.41, 5.74) is 6.05. The molecule has 0 saturated carbocycles. The van der Waals surface area contributed by atoms with Crippen LogP contribution >= 0.6 is 11.6 Å². The number of amides is 1. The number of nitrogens with zero attached hydrogens (tertiary/aromatic N) is 3. The van der Waals surface area contributed by atoms with Crippen molar-refractivity contribution in [1.82, 2.24) is 0 Å². The van der Waals surface area contributed by atoms with E-state index < -0.39 is 22.3 Å². The van der Waals surface area contributed by atoms with Crippen molar-refractivity contribution in [3.8, 4) is 5.75 Å². The van der Waals surface area contributed by atoms with E-state index in [0.29, 0.717) is 16.3 Å². The predicted octanol–water partition coefficient (Wildman–Crippen LogP) is 3.57. The number of aromatic hydroxyl groups is 1. The lowest BCUT2D eigenvalue weighted by molar-refractivity contribution is -0.385. The first-order valence-corrected chi connectivity index (χ1v) is 7.91. The molecular formula is C17H12ClN5O4. The lowest BCUT2D eigenvalue weighted by atomic mass is 10.1. The molecule has 1 amide bonds. The number of carbonyl (C=O) groups is 1. The number of phenolic OH excluding ortho intramolecular Hbond substituents is 1. The Morgan fingerprint density at radius 2 is 2.04 bits per heavy atom. The minimum Gasteiger partial charge on any atom is -0.502 e. The largest absolute Gasteiger partial charge is 0.502 e. The highest BCUT2D eigenvalue weighted by molar-refractivity contribution is 6.30. The summed E-state index contributed by atoms with van der Waals surface area (Å²) in [4.78, 5) is 22.1. The summed E-state index contributed by atoms with van der Waals surface area (Å²) >= 11 is 5.93. The molecule has 3 rings (SSSR count). The summed E-state index contributed by atoms with van der Waals surface area (Å²) in [5, 5.41) is 31.7. The lowest BCUT2D eigenvalue weighted by Crippen LogP contribution is -2.17. The first-order chi connectivity index (χ1) is 12.8. The SMILES string of the molecule is NC(=O)C1=C(Nc2cccc(Cl)c2)N=NC1=Cc1ccc(O)c([N+](=O)[O-])c1. The zero-order chi connectivity index (χ0) is 19.6. The molecule has 9 nitrogen and oxygen atoms in total. The monoisotopic (exact) mass is 385 g/mol. The van der Waals surface area contributed by atoms with Gasteiger partial charge in [-0.3, -0.25) is 14.9 Å². The van der Waals surface area contributed by atoms with Crippen LogP contribution in [0, 0.1) is 10.1 Å². The maximum atomic E-state index is 11.9. The summed E-state index contributed by atoms with van der Waals surface area (Å²) in [6.07, 6.45) is 1.41. The maximum Gasteiger partial charge on any atom is 0.311 e. The quantitative estimate of drug-likeness (QED) is 0.532. The zero-order valence-electron chi connectivity index (χ0n) is 13.6. The zero-order valence-corrected chi connectivity index (χ0v) is 14.3. The van der Waals surface area contributed by atoms with Gasteiger partial charge in [-0.05, 0) is 35.9 Å². The van der Waals surface area contributed by atoms with Crippen LogP contribution in [0.1, 0.15) is 5.56 Å². The molecule has 1 aliphatic heterocycles. The number of nitro groups is 1. The van der Waals surface area contributed by atoms with Gasteiger partial charge in [0.2, 0.25) is 0 Å². The smallest absolute Gasteiger partial charge is 0.311 e. The van der Waals surface area contributed by atoms with Gasteiger partial charge in [-0.2, -0.15) is 0 Å². The van der Waals surface area contributed by atoms with Gasteiger partial charge < -0.3 is 16.2 Å². The number of hydrogen-bond donors (Lipinski definition) is 3. The molecule has 0 unspecified atom stereocenters. The number of phenols is 1. The van der Waals surface area contributed by atoms with E-state index in [2.05, 4.69) is 15.5 Å². The second-order valence-corrected chi connectivity index (χ2v) is 5.89. The van der Waals surface area contributed by atoms with Crippen molar-refractivity contribution >= 4 is 35.0 Å². The highest BCUT2D eigenvalue weighted by Crippen LogP contribution is 2.31. The third kappa shape index (κ3) is 3.93. The fraction of sp³-hybridized carbons (Fsp3) is 0. The number of benzene rings is 2. The number of primary amides is 1. The summed E-state index contributed by atoms with van der Waals surface area (Å²) in [6.45, 7) is 0. The van der Waals surface area contributed by atoms with Crippen LogP contribution in [0.2, 0.25) is 5.02 Å². The van der Waals surface area contributed by atoms with E-state index in [4.69, 9.17) is 17.3 Å². The molecule has 0 saturated heterocycles. The molecule has 0 spiro atoms. The Morgan fingerprint density at radius 1 is 1.26 bits per heavy atom. The molecule has 0 aliphatic carbocycles. The van der Waals surface area contributed by atoms with E-state index in [1.165, 1.54) is 18.2 Å². The van der Waals surface area contributed by atoms with Gasteiger partial charge in [-0.1, -0.05) is 23.7 Å². The Kier molecular flexibility index (Phi) is 4.86. The second kappa shape index (κ2) is 7.26. The molecule has 1 aliphatic rings. The highest BCUT2D eigenvalue weighted by Gasteiger charge is 2.24. The van der Waals surface area contributed by atoms with Crippen LogP contribution in [0.15, 0.2) is 69.8 Å². The van der Waals surface area contributed by atoms with E-state index in [1.807, 2.05) is 0 Å². The number of rotatable bonds is 5. The predicted molar refractivity (Wildman–Crippen MR) is 98.9 cm³/mol. The topological polar surface area (TPSA) is 143 Å². The molecule has 1 heterocycles. The van der Waals surface area contributed by atoms with E-state index in [9.17, 15) is 20.0 Å². The first kappa shape index (κ1) is 18.1. The van der Waals surface area contributed by atoms with Gasteiger partial charge >= 0.3 is 5.69 Å². The van der Waals surface area contributed by atoms with Crippen molar-refractivity contribution in [2.24, 2.45) is 16.0 Å². The number of nitro benzene ring substituents is 1. The van der Waals surface area contributed by atoms with Gasteiger partial charge in [0.25, 0.3) is 5.91 Å². The first-order valence-electron chi connectivity index (χ1n) is 7.53. The summed E-state index contributed by atoms with van der Waals surface area (Å²) in [7, 11) is 0. The number of anilines is 1. The van der Waals surface area contributed by atoms with E-state index in [0.717, 1.165) is 6.07 Å². The second-order valence-electron chi connectivity index (χ2n) is 5.46. The van der Waals surface area contributed by atoms with Gasteiger partial charge in [0.05, 0.1) is 4.92 Å². The Morgan fingerprint density at radius 3 is 2.70 bits per heavy atom. The normalized spacial score (nSPS) is 14.6. The van der Waals surface area contributed by atoms with Crippen LogP contribution in [-0.2, 0) is 4.79 Å². The summed E-state index contributed by atoms with van der Waals surface area (Å²) < 4.78 is 0. The minimum absolute atomic E-state index is 0.0192. The van der Waals surface area contributed by atoms with Crippen LogP contribution in [0.3, 0.4) is 0 Å². The molecule has 2 aromatic rings. The van der Waals surface area contributed by atoms with E-state index in [1.54, 1.807) is 24.3 Å². The van der Waals surface area contributed by atoms with Crippen molar-refractivity contribution in [3.63, 3.8) is 0 Å². The molecule has 2 aromatic carbocycles. The lowest BCUT2D eigenvalue weighted by Gasteiger charge is -2.06. The van der Waals surface area contributed by atoms with Gasteiger partial charge in [0, 0.05) is 16.8 Å². The summed E-state index contributed by atoms with van der Waals surface area (Å²) in [6, 6.07) is 10.5. The van der Waals surface area contributed by atoms with Gasteiger partial charge in [-0.15, -0.1) is 10.2 Å². The average molecular weight is 386 g/mol. The molecule has 4 N–H and O–H groups in total. The van der Waals surface area contributed by atoms with Crippen LogP contribution in [-0.4, -0.2) is 15.9 Å². The van der Waals surface area contributed by atoms with Gasteiger partial charge in [0.1, 0.15) is 11.3 Å². The minimum atomic E-state index is -0.774. The Bertz CT molecular complexity index is 1050. The van der Waals surface area contributed by atoms with Crippen LogP contribution in [0.4, 0.5) is 11.4 Å². The number of nitrogens with one attached hydrogen (secondary N) is 1. The van der Waals surface area contributed by atoms with Crippen molar-refractivity contribution in [2.75, 3.05) is 5.32 Å². The Balaban J connectivity index is 1.99. The van der Waals surface area contributed by atoms with Crippen LogP contribution in [0.25, 0.3) is 6.08 Å². The van der Waals surface area contributed by atoms with Crippen LogP contribution in [0.5, 0.6) is 5.75 Å². The third-order valence-corrected chi connectivity index (χ3v) is 3.82. The molecule has 0 radical (unpaired) electrons. The van der Waals surface area contributed by atoms with Gasteiger partial charge in [-0.25, -0.2) is 0 Å². The van der Waals surface area contributed by atoms with Crippen molar-refractivity contribution in [2.45, 2.75) is 0 Å². The highest BCUT2D eigenvalue weighted by atomic mass is 35.5. The molecule has 0 aromatic heterocycles. The van der Waals surface area contributed by atoms with Crippen molar-refractivity contribution in [1.29, 1.82) is 0 Å². The fourth-order valence-corrected chi connectivity index (χ4v) is 2.58. The summed E-state index contributed by atoms with van der Waals surface area (Å²) in [5.74, 6) is -1.11. The molecular weight excluding hydrogens is 374 g/mol. The molecule has 27 heavy (non-hydrogen) atoms. The van der Waals surface area contributed by atoms with E-state index >= 15 is 0 Å².